The molecule has 0 saturated heterocycles. The molecule has 4 heteroatoms. The van der Waals surface area contributed by atoms with Gasteiger partial charge in [0, 0.05) is 5.56 Å². The maximum absolute atomic E-state index is 12.0. The number of carbonyl (C=O) groups is 2. The number of amides is 2. The van der Waals surface area contributed by atoms with Crippen molar-refractivity contribution < 1.29 is 9.59 Å². The van der Waals surface area contributed by atoms with Crippen molar-refractivity contribution in [1.29, 1.82) is 0 Å². The summed E-state index contributed by atoms with van der Waals surface area (Å²) in [4.78, 5) is 23.1. The van der Waals surface area contributed by atoms with E-state index in [4.69, 9.17) is 5.73 Å². The van der Waals surface area contributed by atoms with E-state index >= 15 is 0 Å². The Kier molecular flexibility index (Phi) is 4.66. The monoisotopic (exact) mass is 246 g/mol. The Labute approximate surface area is 107 Å². The fourth-order valence-electron chi connectivity index (χ4n) is 1.76. The molecule has 1 rings (SSSR count). The lowest BCUT2D eigenvalue weighted by atomic mass is 10.1. The number of hydrogen-bond acceptors (Lipinski definition) is 2. The minimum atomic E-state index is -0.712. The van der Waals surface area contributed by atoms with Crippen molar-refractivity contribution >= 4 is 11.8 Å². The molecule has 0 aliphatic rings. The van der Waals surface area contributed by atoms with Gasteiger partial charge < -0.3 is 11.1 Å². The summed E-state index contributed by atoms with van der Waals surface area (Å²) in [6.45, 7) is 7.36. The normalized spacial score (nSPS) is 11.7. The molecule has 1 aromatic carbocycles. The van der Waals surface area contributed by atoms with Crippen LogP contribution in [0.2, 0.25) is 0 Å². The van der Waals surface area contributed by atoms with E-state index in [1.165, 1.54) is 0 Å². The first-order valence-electron chi connectivity index (χ1n) is 5.73. The van der Waals surface area contributed by atoms with Crippen molar-refractivity contribution in [2.45, 2.75) is 26.3 Å². The van der Waals surface area contributed by atoms with Gasteiger partial charge in [-0.1, -0.05) is 23.3 Å². The van der Waals surface area contributed by atoms with Crippen LogP contribution in [0.4, 0.5) is 0 Å². The number of benzene rings is 1. The van der Waals surface area contributed by atoms with Gasteiger partial charge in [0.15, 0.2) is 0 Å². The largest absolute Gasteiger partial charge is 0.368 e. The minimum absolute atomic E-state index is 0.299. The van der Waals surface area contributed by atoms with E-state index < -0.39 is 11.9 Å². The number of nitrogens with one attached hydrogen (secondary N) is 1. The lowest BCUT2D eigenvalue weighted by molar-refractivity contribution is -0.119. The second-order valence-electron chi connectivity index (χ2n) is 4.33. The van der Waals surface area contributed by atoms with Crippen LogP contribution in [0, 0.1) is 13.8 Å². The second kappa shape index (κ2) is 6.00. The third-order valence-electron chi connectivity index (χ3n) is 2.54. The lowest BCUT2D eigenvalue weighted by Gasteiger charge is -2.14. The van der Waals surface area contributed by atoms with Crippen molar-refractivity contribution in [3.63, 3.8) is 0 Å². The first-order valence-corrected chi connectivity index (χ1v) is 5.73. The van der Waals surface area contributed by atoms with Crippen molar-refractivity contribution in [3.05, 3.63) is 47.5 Å². The van der Waals surface area contributed by atoms with Crippen molar-refractivity contribution in [2.75, 3.05) is 0 Å². The predicted molar refractivity (Wildman–Crippen MR) is 71.2 cm³/mol. The van der Waals surface area contributed by atoms with Gasteiger partial charge in [0.05, 0.1) is 0 Å². The van der Waals surface area contributed by atoms with Gasteiger partial charge in [0.1, 0.15) is 6.04 Å². The molecule has 0 radical (unpaired) electrons. The van der Waals surface area contributed by atoms with Crippen LogP contribution in [0.5, 0.6) is 0 Å². The summed E-state index contributed by atoms with van der Waals surface area (Å²) < 4.78 is 0. The quantitative estimate of drug-likeness (QED) is 0.772. The Balaban J connectivity index is 2.86. The standard InChI is InChI=1S/C14H18N2O2/c1-4-5-12(13(15)17)16-14(18)11-7-9(2)6-10(3)8-11/h4,6-8,12H,1,5H2,2-3H3,(H2,15,17)(H,16,18)/t12-/m1/s1. The molecule has 4 nitrogen and oxygen atoms in total. The molecule has 0 aromatic heterocycles. The summed E-state index contributed by atoms with van der Waals surface area (Å²) in [6.07, 6.45) is 1.88. The molecule has 1 atom stereocenters. The first kappa shape index (κ1) is 14.0. The van der Waals surface area contributed by atoms with Crippen molar-refractivity contribution in [1.82, 2.24) is 5.32 Å². The number of rotatable bonds is 5. The highest BCUT2D eigenvalue weighted by molar-refractivity contribution is 5.97. The number of hydrogen-bond donors (Lipinski definition) is 2. The van der Waals surface area contributed by atoms with Crippen LogP contribution in [0.25, 0.3) is 0 Å². The minimum Gasteiger partial charge on any atom is -0.368 e. The fourth-order valence-corrected chi connectivity index (χ4v) is 1.76. The number of nitrogens with two attached hydrogens (primary N) is 1. The van der Waals surface area contributed by atoms with Crippen LogP contribution >= 0.6 is 0 Å². The number of carbonyl (C=O) groups excluding carboxylic acids is 2. The van der Waals surface area contributed by atoms with E-state index in [0.717, 1.165) is 11.1 Å². The van der Waals surface area contributed by atoms with Gasteiger partial charge >= 0.3 is 0 Å². The third-order valence-corrected chi connectivity index (χ3v) is 2.54. The summed E-state index contributed by atoms with van der Waals surface area (Å²) in [5.41, 5.74) is 7.74. The summed E-state index contributed by atoms with van der Waals surface area (Å²) in [7, 11) is 0. The van der Waals surface area contributed by atoms with Crippen LogP contribution in [-0.4, -0.2) is 17.9 Å². The average Bonchev–Trinajstić information content (AvgIpc) is 2.26. The molecule has 0 spiro atoms. The molecular weight excluding hydrogens is 228 g/mol. The van der Waals surface area contributed by atoms with Crippen LogP contribution in [-0.2, 0) is 4.79 Å². The van der Waals surface area contributed by atoms with Crippen LogP contribution in [0.3, 0.4) is 0 Å². The lowest BCUT2D eigenvalue weighted by Crippen LogP contribution is -2.44. The van der Waals surface area contributed by atoms with E-state index in [1.807, 2.05) is 19.9 Å². The number of aryl methyl sites for hydroxylation is 2. The Bertz CT molecular complexity index is 460. The molecule has 0 heterocycles. The van der Waals surface area contributed by atoms with E-state index in [0.29, 0.717) is 12.0 Å². The average molecular weight is 246 g/mol. The highest BCUT2D eigenvalue weighted by atomic mass is 16.2. The highest BCUT2D eigenvalue weighted by Crippen LogP contribution is 2.09. The SMILES string of the molecule is C=CC[C@@H](NC(=O)c1cc(C)cc(C)c1)C(N)=O. The molecule has 96 valence electrons. The van der Waals surface area contributed by atoms with E-state index in [1.54, 1.807) is 18.2 Å². The van der Waals surface area contributed by atoms with Gasteiger partial charge in [0.2, 0.25) is 5.91 Å². The summed E-state index contributed by atoms with van der Waals surface area (Å²) in [6, 6.07) is 4.81. The number of primary amides is 1. The maximum Gasteiger partial charge on any atom is 0.251 e. The Morgan fingerprint density at radius 3 is 2.33 bits per heavy atom. The molecule has 0 fully saturated rings. The zero-order chi connectivity index (χ0) is 13.7. The molecule has 18 heavy (non-hydrogen) atoms. The predicted octanol–water partition coefficient (Wildman–Crippen LogP) is 1.46. The molecule has 1 aromatic rings. The van der Waals surface area contributed by atoms with Gasteiger partial charge in [0.25, 0.3) is 5.91 Å². The Morgan fingerprint density at radius 1 is 1.33 bits per heavy atom. The van der Waals surface area contributed by atoms with Gasteiger partial charge in [-0.25, -0.2) is 0 Å². The second-order valence-corrected chi connectivity index (χ2v) is 4.33. The summed E-state index contributed by atoms with van der Waals surface area (Å²) in [5.74, 6) is -0.861. The topological polar surface area (TPSA) is 72.2 Å². The zero-order valence-electron chi connectivity index (χ0n) is 10.7. The summed E-state index contributed by atoms with van der Waals surface area (Å²) >= 11 is 0. The van der Waals surface area contributed by atoms with Crippen LogP contribution in [0.15, 0.2) is 30.9 Å². The van der Waals surface area contributed by atoms with Crippen LogP contribution in [0.1, 0.15) is 27.9 Å². The molecule has 0 unspecified atom stereocenters. The summed E-state index contributed by atoms with van der Waals surface area (Å²) in [5, 5.41) is 2.60. The molecular formula is C14H18N2O2. The highest BCUT2D eigenvalue weighted by Gasteiger charge is 2.17. The van der Waals surface area contributed by atoms with Gasteiger partial charge in [-0.15, -0.1) is 6.58 Å². The Hall–Kier alpha value is -2.10. The molecule has 0 saturated carbocycles. The van der Waals surface area contributed by atoms with Crippen molar-refractivity contribution in [2.24, 2.45) is 5.73 Å². The third kappa shape index (κ3) is 3.73. The van der Waals surface area contributed by atoms with E-state index in [-0.39, 0.29) is 5.91 Å². The Morgan fingerprint density at radius 2 is 1.89 bits per heavy atom. The fraction of sp³-hybridized carbons (Fsp3) is 0.286. The maximum atomic E-state index is 12.0. The first-order chi connectivity index (χ1) is 8.43. The smallest absolute Gasteiger partial charge is 0.251 e. The molecule has 0 bridgehead atoms. The molecule has 2 amide bonds. The molecule has 0 aliphatic carbocycles. The van der Waals surface area contributed by atoms with E-state index in [2.05, 4.69) is 11.9 Å². The van der Waals surface area contributed by atoms with Crippen molar-refractivity contribution in [3.8, 4) is 0 Å². The molecule has 3 N–H and O–H groups in total. The zero-order valence-corrected chi connectivity index (χ0v) is 10.7. The molecule has 0 aliphatic heterocycles. The van der Waals surface area contributed by atoms with Gasteiger partial charge in [-0.3, -0.25) is 9.59 Å². The van der Waals surface area contributed by atoms with Gasteiger partial charge in [-0.2, -0.15) is 0 Å². The van der Waals surface area contributed by atoms with Crippen LogP contribution < -0.4 is 11.1 Å². The van der Waals surface area contributed by atoms with E-state index in [9.17, 15) is 9.59 Å². The van der Waals surface area contributed by atoms with Gasteiger partial charge in [-0.05, 0) is 32.4 Å².